The molecule has 6 heteroatoms. The summed E-state index contributed by atoms with van der Waals surface area (Å²) in [6, 6.07) is 3.38. The van der Waals surface area contributed by atoms with Gasteiger partial charge in [0.1, 0.15) is 5.75 Å². The first-order chi connectivity index (χ1) is 9.42. The van der Waals surface area contributed by atoms with Crippen molar-refractivity contribution in [3.8, 4) is 5.75 Å². The third-order valence-electron chi connectivity index (χ3n) is 2.97. The Hall–Kier alpha value is -2.37. The summed E-state index contributed by atoms with van der Waals surface area (Å²) < 4.78 is 9.85. The minimum Gasteiger partial charge on any atom is -0.496 e. The Morgan fingerprint density at radius 2 is 2.00 bits per heavy atom. The fourth-order valence-electron chi connectivity index (χ4n) is 1.73. The van der Waals surface area contributed by atoms with Crippen LogP contribution in [0.15, 0.2) is 17.8 Å². The van der Waals surface area contributed by atoms with Gasteiger partial charge in [-0.3, -0.25) is 10.1 Å². The predicted molar refractivity (Wildman–Crippen MR) is 74.1 cm³/mol. The zero-order valence-electron chi connectivity index (χ0n) is 11.9. The van der Waals surface area contributed by atoms with Gasteiger partial charge in [-0.25, -0.2) is 4.79 Å². The van der Waals surface area contributed by atoms with Gasteiger partial charge in [0.05, 0.1) is 18.6 Å². The molecule has 20 heavy (non-hydrogen) atoms. The largest absolute Gasteiger partial charge is 0.496 e. The van der Waals surface area contributed by atoms with Crippen LogP contribution in [0.2, 0.25) is 0 Å². The Morgan fingerprint density at radius 1 is 1.35 bits per heavy atom. The molecule has 0 aliphatic rings. The fourth-order valence-corrected chi connectivity index (χ4v) is 1.73. The summed E-state index contributed by atoms with van der Waals surface area (Å²) in [7, 11) is 1.55. The first-order valence-corrected chi connectivity index (χ1v) is 6.09. The first-order valence-electron chi connectivity index (χ1n) is 6.09. The smallest absolute Gasteiger partial charge is 0.409 e. The number of methoxy groups -OCH3 is 1. The predicted octanol–water partition coefficient (Wildman–Crippen LogP) is 2.49. The molecule has 0 aromatic heterocycles. The maximum atomic E-state index is 11.6. The number of ether oxygens (including phenoxy) is 2. The number of carbonyl (C=O) groups is 1. The zero-order valence-corrected chi connectivity index (χ0v) is 11.9. The van der Waals surface area contributed by atoms with Gasteiger partial charge in [-0.1, -0.05) is 6.07 Å². The second-order valence-corrected chi connectivity index (χ2v) is 4.11. The Kier molecular flexibility index (Phi) is 5.25. The van der Waals surface area contributed by atoms with E-state index in [0.717, 1.165) is 11.1 Å². The highest BCUT2D eigenvalue weighted by Gasteiger charge is 2.23. The highest BCUT2D eigenvalue weighted by Crippen LogP contribution is 2.25. The van der Waals surface area contributed by atoms with E-state index < -0.39 is 16.6 Å². The third kappa shape index (κ3) is 3.34. The Bertz CT molecular complexity index is 563. The van der Waals surface area contributed by atoms with Crippen molar-refractivity contribution in [1.29, 1.82) is 0 Å². The van der Waals surface area contributed by atoms with E-state index in [4.69, 9.17) is 4.74 Å². The summed E-state index contributed by atoms with van der Waals surface area (Å²) in [6.45, 7) is 5.34. The fraction of sp³-hybridized carbons (Fsp3) is 0.357. The normalized spacial score (nSPS) is 11.1. The zero-order chi connectivity index (χ0) is 15.3. The molecule has 0 spiro atoms. The van der Waals surface area contributed by atoms with Crippen LogP contribution in [0.5, 0.6) is 5.75 Å². The summed E-state index contributed by atoms with van der Waals surface area (Å²) in [5.41, 5.74) is 1.68. The van der Waals surface area contributed by atoms with Gasteiger partial charge in [-0.05, 0) is 43.5 Å². The maximum absolute atomic E-state index is 11.6. The lowest BCUT2D eigenvalue weighted by atomic mass is 10.0. The van der Waals surface area contributed by atoms with Gasteiger partial charge in [-0.2, -0.15) is 0 Å². The van der Waals surface area contributed by atoms with Gasteiger partial charge in [0, 0.05) is 6.08 Å². The lowest BCUT2D eigenvalue weighted by Crippen LogP contribution is -2.14. The van der Waals surface area contributed by atoms with E-state index in [2.05, 4.69) is 4.74 Å². The van der Waals surface area contributed by atoms with Gasteiger partial charge in [0.25, 0.3) is 0 Å². The van der Waals surface area contributed by atoms with Gasteiger partial charge in [0.15, 0.2) is 0 Å². The average Bonchev–Trinajstić information content (AvgIpc) is 2.40. The second-order valence-electron chi connectivity index (χ2n) is 4.11. The molecule has 0 aliphatic heterocycles. The summed E-state index contributed by atoms with van der Waals surface area (Å²) >= 11 is 0. The van der Waals surface area contributed by atoms with Crippen molar-refractivity contribution < 1.29 is 19.2 Å². The van der Waals surface area contributed by atoms with Gasteiger partial charge >= 0.3 is 11.7 Å². The van der Waals surface area contributed by atoms with Gasteiger partial charge in [-0.15, -0.1) is 0 Å². The minimum absolute atomic E-state index is 0.0879. The highest BCUT2D eigenvalue weighted by molar-refractivity contribution is 5.91. The number of esters is 1. The molecule has 108 valence electrons. The summed E-state index contributed by atoms with van der Waals surface area (Å²) in [4.78, 5) is 21.8. The van der Waals surface area contributed by atoms with E-state index in [1.165, 1.54) is 6.08 Å². The Labute approximate surface area is 117 Å². The second kappa shape index (κ2) is 6.70. The quantitative estimate of drug-likeness (QED) is 0.358. The van der Waals surface area contributed by atoms with Crippen molar-refractivity contribution in [3.05, 3.63) is 44.6 Å². The molecule has 0 unspecified atom stereocenters. The number of carbonyl (C=O) groups excluding carboxylic acids is 1. The van der Waals surface area contributed by atoms with Crippen molar-refractivity contribution in [2.45, 2.75) is 20.8 Å². The number of benzene rings is 1. The molecule has 0 heterocycles. The first kappa shape index (κ1) is 15.7. The molecule has 0 radical (unpaired) electrons. The van der Waals surface area contributed by atoms with E-state index in [-0.39, 0.29) is 6.61 Å². The minimum atomic E-state index is -0.939. The average molecular weight is 279 g/mol. The van der Waals surface area contributed by atoms with Crippen LogP contribution in [0, 0.1) is 24.0 Å². The van der Waals surface area contributed by atoms with Crippen LogP contribution < -0.4 is 4.74 Å². The summed E-state index contributed by atoms with van der Waals surface area (Å²) in [5.74, 6) is -0.246. The SMILES string of the molecule is CCOC(=O)/C(=C\c1ccc(OC)c(C)c1C)[N+](=O)[O-]. The maximum Gasteiger partial charge on any atom is 0.409 e. The third-order valence-corrected chi connectivity index (χ3v) is 2.97. The van der Waals surface area contributed by atoms with Crippen LogP contribution in [0.3, 0.4) is 0 Å². The molecular weight excluding hydrogens is 262 g/mol. The number of nitrogens with zero attached hydrogens (tertiary/aromatic N) is 1. The molecule has 1 aromatic carbocycles. The van der Waals surface area contributed by atoms with E-state index >= 15 is 0 Å². The number of rotatable bonds is 5. The molecule has 0 aliphatic carbocycles. The van der Waals surface area contributed by atoms with Crippen LogP contribution in [-0.2, 0) is 9.53 Å². The van der Waals surface area contributed by atoms with Crippen molar-refractivity contribution in [2.24, 2.45) is 0 Å². The van der Waals surface area contributed by atoms with Crippen LogP contribution in [0.25, 0.3) is 6.08 Å². The Balaban J connectivity index is 3.28. The molecule has 0 fully saturated rings. The van der Waals surface area contributed by atoms with Gasteiger partial charge < -0.3 is 9.47 Å². The monoisotopic (exact) mass is 279 g/mol. The summed E-state index contributed by atoms with van der Waals surface area (Å²) in [5, 5.41) is 11.0. The van der Waals surface area contributed by atoms with Gasteiger partial charge in [0.2, 0.25) is 0 Å². The van der Waals surface area contributed by atoms with Crippen LogP contribution in [0.4, 0.5) is 0 Å². The summed E-state index contributed by atoms with van der Waals surface area (Å²) in [6.07, 6.45) is 1.22. The topological polar surface area (TPSA) is 78.7 Å². The molecule has 1 aromatic rings. The van der Waals surface area contributed by atoms with Crippen molar-refractivity contribution >= 4 is 12.0 Å². The van der Waals surface area contributed by atoms with E-state index in [1.807, 2.05) is 13.8 Å². The molecule has 0 N–H and O–H groups in total. The number of hydrogen-bond acceptors (Lipinski definition) is 5. The van der Waals surface area contributed by atoms with Crippen LogP contribution in [-0.4, -0.2) is 24.6 Å². The molecule has 0 saturated carbocycles. The molecule has 0 bridgehead atoms. The van der Waals surface area contributed by atoms with Crippen molar-refractivity contribution in [1.82, 2.24) is 0 Å². The molecule has 0 atom stereocenters. The lowest BCUT2D eigenvalue weighted by Gasteiger charge is -2.10. The number of nitro groups is 1. The van der Waals surface area contributed by atoms with E-state index in [9.17, 15) is 14.9 Å². The number of hydrogen-bond donors (Lipinski definition) is 0. The standard InChI is InChI=1S/C14H17NO5/c1-5-20-14(16)12(15(17)18)8-11-6-7-13(19-4)10(3)9(11)2/h6-8H,5H2,1-4H3/b12-8+. The van der Waals surface area contributed by atoms with E-state index in [1.54, 1.807) is 26.2 Å². The van der Waals surface area contributed by atoms with Crippen LogP contribution >= 0.6 is 0 Å². The molecule has 6 nitrogen and oxygen atoms in total. The van der Waals surface area contributed by atoms with E-state index in [0.29, 0.717) is 11.3 Å². The highest BCUT2D eigenvalue weighted by atomic mass is 16.6. The van der Waals surface area contributed by atoms with Crippen LogP contribution in [0.1, 0.15) is 23.6 Å². The molecule has 0 saturated heterocycles. The van der Waals surface area contributed by atoms with Crippen molar-refractivity contribution in [2.75, 3.05) is 13.7 Å². The lowest BCUT2D eigenvalue weighted by molar-refractivity contribution is -0.419. The molecular formula is C14H17NO5. The van der Waals surface area contributed by atoms with Crippen molar-refractivity contribution in [3.63, 3.8) is 0 Å². The molecule has 1 rings (SSSR count). The molecule has 0 amide bonds. The Morgan fingerprint density at radius 3 is 2.50 bits per heavy atom.